The van der Waals surface area contributed by atoms with Crippen LogP contribution in [0, 0.1) is 5.92 Å². The highest BCUT2D eigenvalue weighted by molar-refractivity contribution is 4.71. The normalized spacial score (nSPS) is 27.6. The molecule has 0 unspecified atom stereocenters. The molecule has 2 N–H and O–H groups in total. The molecule has 1 aliphatic heterocycles. The van der Waals surface area contributed by atoms with E-state index in [0.29, 0.717) is 0 Å². The van der Waals surface area contributed by atoms with E-state index in [1.54, 1.807) is 0 Å². The zero-order valence-corrected chi connectivity index (χ0v) is 6.84. The van der Waals surface area contributed by atoms with Crippen molar-refractivity contribution in [2.45, 2.75) is 19.8 Å². The second-order valence-corrected chi connectivity index (χ2v) is 3.34. The highest BCUT2D eigenvalue weighted by atomic mass is 15.1. The van der Waals surface area contributed by atoms with Crippen molar-refractivity contribution in [2.24, 2.45) is 11.7 Å². The van der Waals surface area contributed by atoms with E-state index in [1.165, 1.54) is 26.1 Å². The first-order chi connectivity index (χ1) is 4.83. The van der Waals surface area contributed by atoms with E-state index in [2.05, 4.69) is 11.8 Å². The molecule has 0 bridgehead atoms. The van der Waals surface area contributed by atoms with Gasteiger partial charge in [-0.15, -0.1) is 0 Å². The summed E-state index contributed by atoms with van der Waals surface area (Å²) in [5.74, 6) is 0.915. The summed E-state index contributed by atoms with van der Waals surface area (Å²) in [5.41, 5.74) is 5.41. The smallest absolute Gasteiger partial charge is 0.000750 e. The Balaban J connectivity index is 2.06. The van der Waals surface area contributed by atoms with E-state index in [9.17, 15) is 0 Å². The fraction of sp³-hybridized carbons (Fsp3) is 1.00. The van der Waals surface area contributed by atoms with Gasteiger partial charge in [0.1, 0.15) is 0 Å². The highest BCUT2D eigenvalue weighted by Crippen LogP contribution is 2.14. The third-order valence-corrected chi connectivity index (χ3v) is 2.19. The molecular formula is C8H18N2. The van der Waals surface area contributed by atoms with Crippen LogP contribution < -0.4 is 5.73 Å². The molecule has 0 spiro atoms. The van der Waals surface area contributed by atoms with Crippen LogP contribution in [0.1, 0.15) is 19.8 Å². The maximum absolute atomic E-state index is 5.41. The average Bonchev–Trinajstić information content (AvgIpc) is 2.31. The van der Waals surface area contributed by atoms with Crippen LogP contribution >= 0.6 is 0 Å². The molecule has 0 amide bonds. The number of rotatable bonds is 3. The minimum atomic E-state index is 0.838. The number of hydrogen-bond acceptors (Lipinski definition) is 2. The molecule has 1 saturated heterocycles. The zero-order valence-electron chi connectivity index (χ0n) is 6.84. The van der Waals surface area contributed by atoms with Gasteiger partial charge in [0.15, 0.2) is 0 Å². The first-order valence-corrected chi connectivity index (χ1v) is 4.25. The molecule has 1 aliphatic rings. The largest absolute Gasteiger partial charge is 0.330 e. The van der Waals surface area contributed by atoms with E-state index >= 15 is 0 Å². The Morgan fingerprint density at radius 2 is 2.40 bits per heavy atom. The molecule has 1 fully saturated rings. The molecule has 0 aromatic carbocycles. The summed E-state index contributed by atoms with van der Waals surface area (Å²) in [4.78, 5) is 2.51. The monoisotopic (exact) mass is 142 g/mol. The summed E-state index contributed by atoms with van der Waals surface area (Å²) in [6, 6.07) is 0. The summed E-state index contributed by atoms with van der Waals surface area (Å²) >= 11 is 0. The summed E-state index contributed by atoms with van der Waals surface area (Å²) in [6.07, 6.45) is 2.54. The molecular weight excluding hydrogens is 124 g/mol. The Morgan fingerprint density at radius 3 is 2.90 bits per heavy atom. The van der Waals surface area contributed by atoms with E-state index in [0.717, 1.165) is 18.9 Å². The number of hydrogen-bond donors (Lipinski definition) is 1. The molecule has 0 aromatic rings. The van der Waals surface area contributed by atoms with Crippen molar-refractivity contribution in [3.8, 4) is 0 Å². The van der Waals surface area contributed by atoms with E-state index in [-0.39, 0.29) is 0 Å². The lowest BCUT2D eigenvalue weighted by atomic mass is 10.2. The Hall–Kier alpha value is -0.0800. The van der Waals surface area contributed by atoms with Crippen LogP contribution in [-0.2, 0) is 0 Å². The summed E-state index contributed by atoms with van der Waals surface area (Å²) in [6.45, 7) is 6.95. The van der Waals surface area contributed by atoms with Crippen molar-refractivity contribution in [2.75, 3.05) is 26.2 Å². The number of likely N-dealkylation sites (tertiary alicyclic amines) is 1. The lowest BCUT2D eigenvalue weighted by Crippen LogP contribution is -2.23. The first-order valence-electron chi connectivity index (χ1n) is 4.25. The molecule has 1 heterocycles. The van der Waals surface area contributed by atoms with Gasteiger partial charge < -0.3 is 10.6 Å². The van der Waals surface area contributed by atoms with Crippen molar-refractivity contribution in [3.05, 3.63) is 0 Å². The van der Waals surface area contributed by atoms with Crippen LogP contribution in [0.4, 0.5) is 0 Å². The van der Waals surface area contributed by atoms with Gasteiger partial charge in [-0.3, -0.25) is 0 Å². The third-order valence-electron chi connectivity index (χ3n) is 2.19. The van der Waals surface area contributed by atoms with Gasteiger partial charge in [0, 0.05) is 6.54 Å². The zero-order chi connectivity index (χ0) is 7.40. The fourth-order valence-corrected chi connectivity index (χ4v) is 1.54. The second kappa shape index (κ2) is 3.94. The summed E-state index contributed by atoms with van der Waals surface area (Å²) in [5, 5.41) is 0. The lowest BCUT2D eigenvalue weighted by molar-refractivity contribution is 0.325. The SMILES string of the molecule is C[C@H]1CCN(CCCN)C1. The predicted molar refractivity (Wildman–Crippen MR) is 43.9 cm³/mol. The Labute approximate surface area is 63.4 Å². The Kier molecular flexibility index (Phi) is 3.16. The van der Waals surface area contributed by atoms with Crippen molar-refractivity contribution >= 4 is 0 Å². The van der Waals surface area contributed by atoms with Gasteiger partial charge >= 0.3 is 0 Å². The Morgan fingerprint density at radius 1 is 1.60 bits per heavy atom. The van der Waals surface area contributed by atoms with Gasteiger partial charge in [0.25, 0.3) is 0 Å². The summed E-state index contributed by atoms with van der Waals surface area (Å²) < 4.78 is 0. The first kappa shape index (κ1) is 8.02. The molecule has 0 aliphatic carbocycles. The van der Waals surface area contributed by atoms with Crippen LogP contribution in [0.5, 0.6) is 0 Å². The van der Waals surface area contributed by atoms with Gasteiger partial charge in [-0.05, 0) is 38.4 Å². The van der Waals surface area contributed by atoms with E-state index in [1.807, 2.05) is 0 Å². The molecule has 1 atom stereocenters. The topological polar surface area (TPSA) is 29.3 Å². The number of nitrogens with two attached hydrogens (primary N) is 1. The van der Waals surface area contributed by atoms with Gasteiger partial charge in [-0.1, -0.05) is 6.92 Å². The molecule has 2 heteroatoms. The average molecular weight is 142 g/mol. The minimum absolute atomic E-state index is 0.838. The molecule has 60 valence electrons. The highest BCUT2D eigenvalue weighted by Gasteiger charge is 2.16. The van der Waals surface area contributed by atoms with E-state index < -0.39 is 0 Å². The van der Waals surface area contributed by atoms with Gasteiger partial charge in [-0.2, -0.15) is 0 Å². The maximum atomic E-state index is 5.41. The van der Waals surface area contributed by atoms with Crippen LogP contribution in [0.15, 0.2) is 0 Å². The third kappa shape index (κ3) is 2.27. The molecule has 0 aromatic heterocycles. The minimum Gasteiger partial charge on any atom is -0.330 e. The molecule has 0 saturated carbocycles. The van der Waals surface area contributed by atoms with Gasteiger partial charge in [-0.25, -0.2) is 0 Å². The van der Waals surface area contributed by atoms with Crippen LogP contribution in [0.25, 0.3) is 0 Å². The quantitative estimate of drug-likeness (QED) is 0.628. The molecule has 0 radical (unpaired) electrons. The van der Waals surface area contributed by atoms with Crippen LogP contribution in [0.3, 0.4) is 0 Å². The standard InChI is InChI=1S/C8H18N2/c1-8-3-6-10(7-8)5-2-4-9/h8H,2-7,9H2,1H3/t8-/m0/s1. The second-order valence-electron chi connectivity index (χ2n) is 3.34. The van der Waals surface area contributed by atoms with E-state index in [4.69, 9.17) is 5.73 Å². The Bertz CT molecular complexity index is 93.3. The van der Waals surface area contributed by atoms with Crippen LogP contribution in [-0.4, -0.2) is 31.1 Å². The fourth-order valence-electron chi connectivity index (χ4n) is 1.54. The molecule has 10 heavy (non-hydrogen) atoms. The predicted octanol–water partition coefficient (Wildman–Crippen LogP) is 0.677. The molecule has 1 rings (SSSR count). The van der Waals surface area contributed by atoms with Gasteiger partial charge in [0.2, 0.25) is 0 Å². The van der Waals surface area contributed by atoms with Crippen LogP contribution in [0.2, 0.25) is 0 Å². The maximum Gasteiger partial charge on any atom is 0.000750 e. The van der Waals surface area contributed by atoms with Gasteiger partial charge in [0.05, 0.1) is 0 Å². The summed E-state index contributed by atoms with van der Waals surface area (Å²) in [7, 11) is 0. The van der Waals surface area contributed by atoms with Crippen molar-refractivity contribution < 1.29 is 0 Å². The van der Waals surface area contributed by atoms with Crippen molar-refractivity contribution in [3.63, 3.8) is 0 Å². The number of nitrogens with zero attached hydrogens (tertiary/aromatic N) is 1. The van der Waals surface area contributed by atoms with Crippen molar-refractivity contribution in [1.29, 1.82) is 0 Å². The van der Waals surface area contributed by atoms with Crippen molar-refractivity contribution in [1.82, 2.24) is 4.90 Å². The molecule has 2 nitrogen and oxygen atoms in total. The lowest BCUT2D eigenvalue weighted by Gasteiger charge is -2.13.